The minimum absolute atomic E-state index is 0.127. The highest BCUT2D eigenvalue weighted by Crippen LogP contribution is 2.18. The fourth-order valence-corrected chi connectivity index (χ4v) is 1.75. The van der Waals surface area contributed by atoms with Gasteiger partial charge in [0.2, 0.25) is 0 Å². The summed E-state index contributed by atoms with van der Waals surface area (Å²) in [5.74, 6) is 1.35. The molecule has 16 heavy (non-hydrogen) atoms. The Morgan fingerprint density at radius 2 is 2.19 bits per heavy atom. The Bertz CT molecular complexity index is 425. The molecule has 0 aliphatic carbocycles. The van der Waals surface area contributed by atoms with E-state index < -0.39 is 10.8 Å². The lowest BCUT2D eigenvalue weighted by atomic mass is 10.3. The molecule has 0 bridgehead atoms. The monoisotopic (exact) mass is 261 g/mol. The van der Waals surface area contributed by atoms with Crippen molar-refractivity contribution in [2.45, 2.75) is 6.92 Å². The molecule has 0 aliphatic heterocycles. The van der Waals surface area contributed by atoms with Gasteiger partial charge in [0.05, 0.1) is 5.56 Å². The normalized spacial score (nSPS) is 12.2. The van der Waals surface area contributed by atoms with Crippen molar-refractivity contribution in [2.75, 3.05) is 23.9 Å². The van der Waals surface area contributed by atoms with Crippen LogP contribution in [0, 0.1) is 6.92 Å². The van der Waals surface area contributed by atoms with Crippen LogP contribution in [-0.4, -0.2) is 39.0 Å². The SMILES string of the molecule is Cc1nc(Cl)c(C=O)c(NCCS(C)=O)n1. The van der Waals surface area contributed by atoms with Crippen LogP contribution in [0.3, 0.4) is 0 Å². The van der Waals surface area contributed by atoms with Crippen LogP contribution in [0.1, 0.15) is 16.2 Å². The second kappa shape index (κ2) is 5.91. The summed E-state index contributed by atoms with van der Waals surface area (Å²) in [6.45, 7) is 2.15. The van der Waals surface area contributed by atoms with Gasteiger partial charge < -0.3 is 5.32 Å². The van der Waals surface area contributed by atoms with Crippen LogP contribution in [0.2, 0.25) is 5.15 Å². The van der Waals surface area contributed by atoms with Gasteiger partial charge in [-0.05, 0) is 6.92 Å². The molecule has 0 saturated heterocycles. The molecule has 7 heteroatoms. The maximum absolute atomic E-state index is 10.9. The number of aryl methyl sites for hydroxylation is 1. The molecule has 1 aromatic rings. The quantitative estimate of drug-likeness (QED) is 0.633. The number of hydrogen-bond acceptors (Lipinski definition) is 5. The summed E-state index contributed by atoms with van der Waals surface area (Å²) in [5, 5.41) is 3.04. The lowest BCUT2D eigenvalue weighted by Crippen LogP contribution is -2.13. The molecular formula is C9H12ClN3O2S. The van der Waals surface area contributed by atoms with Crippen molar-refractivity contribution in [1.82, 2.24) is 9.97 Å². The number of aldehydes is 1. The Hall–Kier alpha value is -1.01. The van der Waals surface area contributed by atoms with E-state index in [0.29, 0.717) is 30.2 Å². The van der Waals surface area contributed by atoms with E-state index in [1.54, 1.807) is 13.2 Å². The Morgan fingerprint density at radius 3 is 2.75 bits per heavy atom. The largest absolute Gasteiger partial charge is 0.368 e. The van der Waals surface area contributed by atoms with Crippen LogP contribution in [0.25, 0.3) is 0 Å². The lowest BCUT2D eigenvalue weighted by molar-refractivity contribution is 0.112. The predicted octanol–water partition coefficient (Wildman–Crippen LogP) is 1.04. The Kier molecular flexibility index (Phi) is 4.82. The summed E-state index contributed by atoms with van der Waals surface area (Å²) in [6.07, 6.45) is 2.22. The molecule has 0 spiro atoms. The summed E-state index contributed by atoms with van der Waals surface area (Å²) in [7, 11) is -0.886. The van der Waals surface area contributed by atoms with Gasteiger partial charge in [0.25, 0.3) is 0 Å². The molecule has 88 valence electrons. The first kappa shape index (κ1) is 13.1. The van der Waals surface area contributed by atoms with E-state index in [0.717, 1.165) is 0 Å². The van der Waals surface area contributed by atoms with Gasteiger partial charge >= 0.3 is 0 Å². The molecule has 1 heterocycles. The van der Waals surface area contributed by atoms with Gasteiger partial charge in [-0.15, -0.1) is 0 Å². The van der Waals surface area contributed by atoms with Gasteiger partial charge in [0.15, 0.2) is 6.29 Å². The van der Waals surface area contributed by atoms with Crippen molar-refractivity contribution in [3.05, 3.63) is 16.5 Å². The lowest BCUT2D eigenvalue weighted by Gasteiger charge is -2.08. The number of nitrogens with zero attached hydrogens (tertiary/aromatic N) is 2. The highest BCUT2D eigenvalue weighted by Gasteiger charge is 2.10. The molecule has 0 saturated carbocycles. The standard InChI is InChI=1S/C9H12ClN3O2S/c1-6-12-8(10)7(5-14)9(13-6)11-3-4-16(2)15/h5H,3-4H2,1-2H3,(H,11,12,13). The van der Waals surface area contributed by atoms with E-state index in [-0.39, 0.29) is 10.7 Å². The van der Waals surface area contributed by atoms with Crippen molar-refractivity contribution in [2.24, 2.45) is 0 Å². The zero-order valence-corrected chi connectivity index (χ0v) is 10.6. The number of nitrogens with one attached hydrogen (secondary N) is 1. The molecule has 1 aromatic heterocycles. The third kappa shape index (κ3) is 3.53. The van der Waals surface area contributed by atoms with E-state index in [1.807, 2.05) is 0 Å². The first-order chi connectivity index (χ1) is 7.54. The van der Waals surface area contributed by atoms with E-state index in [9.17, 15) is 9.00 Å². The molecule has 0 fully saturated rings. The fourth-order valence-electron chi connectivity index (χ4n) is 1.10. The number of rotatable bonds is 5. The first-order valence-electron chi connectivity index (χ1n) is 4.57. The molecule has 1 unspecified atom stereocenters. The molecule has 1 rings (SSSR count). The molecule has 0 radical (unpaired) electrons. The minimum Gasteiger partial charge on any atom is -0.368 e. The van der Waals surface area contributed by atoms with E-state index in [1.165, 1.54) is 0 Å². The topological polar surface area (TPSA) is 72.0 Å². The zero-order valence-electron chi connectivity index (χ0n) is 8.99. The summed E-state index contributed by atoms with van der Waals surface area (Å²) >= 11 is 5.79. The van der Waals surface area contributed by atoms with Crippen LogP contribution in [0.4, 0.5) is 5.82 Å². The number of aromatic nitrogens is 2. The van der Waals surface area contributed by atoms with Gasteiger partial charge in [-0.3, -0.25) is 9.00 Å². The van der Waals surface area contributed by atoms with Gasteiger partial charge in [-0.25, -0.2) is 9.97 Å². The number of hydrogen-bond donors (Lipinski definition) is 1. The highest BCUT2D eigenvalue weighted by atomic mass is 35.5. The highest BCUT2D eigenvalue weighted by molar-refractivity contribution is 7.84. The van der Waals surface area contributed by atoms with Gasteiger partial charge in [-0.2, -0.15) is 0 Å². The molecule has 0 amide bonds. The van der Waals surface area contributed by atoms with Crippen LogP contribution < -0.4 is 5.32 Å². The van der Waals surface area contributed by atoms with Gasteiger partial charge in [-0.1, -0.05) is 11.6 Å². The maximum Gasteiger partial charge on any atom is 0.156 e. The minimum atomic E-state index is -0.886. The summed E-state index contributed by atoms with van der Waals surface area (Å²) in [6, 6.07) is 0. The number of carbonyl (C=O) groups excluding carboxylic acids is 1. The smallest absolute Gasteiger partial charge is 0.156 e. The number of anilines is 1. The van der Waals surface area contributed by atoms with Gasteiger partial charge in [0, 0.05) is 29.4 Å². The van der Waals surface area contributed by atoms with Crippen molar-refractivity contribution >= 4 is 34.5 Å². The number of halogens is 1. The van der Waals surface area contributed by atoms with Crippen LogP contribution in [-0.2, 0) is 10.8 Å². The second-order valence-electron chi connectivity index (χ2n) is 3.15. The van der Waals surface area contributed by atoms with E-state index in [4.69, 9.17) is 11.6 Å². The third-order valence-corrected chi connectivity index (χ3v) is 2.88. The van der Waals surface area contributed by atoms with Crippen LogP contribution in [0.15, 0.2) is 0 Å². The molecular weight excluding hydrogens is 250 g/mol. The molecule has 0 aromatic carbocycles. The second-order valence-corrected chi connectivity index (χ2v) is 5.06. The Labute approximate surface area is 101 Å². The predicted molar refractivity (Wildman–Crippen MR) is 64.6 cm³/mol. The average molecular weight is 262 g/mol. The van der Waals surface area contributed by atoms with Gasteiger partial charge in [0.1, 0.15) is 16.8 Å². The summed E-state index contributed by atoms with van der Waals surface area (Å²) in [5.41, 5.74) is 0.231. The van der Waals surface area contributed by atoms with Crippen molar-refractivity contribution < 1.29 is 9.00 Å². The average Bonchev–Trinajstić information content (AvgIpc) is 2.16. The molecule has 5 nitrogen and oxygen atoms in total. The maximum atomic E-state index is 10.9. The molecule has 0 aliphatic rings. The van der Waals surface area contributed by atoms with E-state index >= 15 is 0 Å². The van der Waals surface area contributed by atoms with Crippen molar-refractivity contribution in [1.29, 1.82) is 0 Å². The molecule has 1 N–H and O–H groups in total. The first-order valence-corrected chi connectivity index (χ1v) is 6.68. The zero-order chi connectivity index (χ0) is 12.1. The van der Waals surface area contributed by atoms with E-state index in [2.05, 4.69) is 15.3 Å². The number of carbonyl (C=O) groups is 1. The summed E-state index contributed by atoms with van der Waals surface area (Å²) in [4.78, 5) is 18.7. The summed E-state index contributed by atoms with van der Waals surface area (Å²) < 4.78 is 10.9. The van der Waals surface area contributed by atoms with Crippen molar-refractivity contribution in [3.63, 3.8) is 0 Å². The van der Waals surface area contributed by atoms with Crippen LogP contribution >= 0.6 is 11.6 Å². The van der Waals surface area contributed by atoms with Crippen molar-refractivity contribution in [3.8, 4) is 0 Å². The third-order valence-electron chi connectivity index (χ3n) is 1.81. The van der Waals surface area contributed by atoms with Crippen LogP contribution in [0.5, 0.6) is 0 Å². The Balaban J connectivity index is 2.85. The Morgan fingerprint density at radius 1 is 1.50 bits per heavy atom. The molecule has 1 atom stereocenters. The fraction of sp³-hybridized carbons (Fsp3) is 0.444.